The van der Waals surface area contributed by atoms with Gasteiger partial charge in [-0.1, -0.05) is 19.9 Å². The van der Waals surface area contributed by atoms with Gasteiger partial charge in [-0.2, -0.15) is 0 Å². The SMILES string of the molecule is CC(C)OC(=O)[C@@H]1[C@H](/C=C2\CCOC2=O)C1(C)C. The molecule has 18 heavy (non-hydrogen) atoms. The lowest BCUT2D eigenvalue weighted by Crippen LogP contribution is -2.15. The van der Waals surface area contributed by atoms with E-state index >= 15 is 0 Å². The summed E-state index contributed by atoms with van der Waals surface area (Å²) in [4.78, 5) is 23.3. The second-order valence-corrected chi connectivity index (χ2v) is 5.89. The molecule has 1 aliphatic heterocycles. The lowest BCUT2D eigenvalue weighted by Gasteiger charge is -2.08. The van der Waals surface area contributed by atoms with Crippen LogP contribution in [0.3, 0.4) is 0 Å². The van der Waals surface area contributed by atoms with Crippen molar-refractivity contribution in [1.82, 2.24) is 0 Å². The maximum Gasteiger partial charge on any atom is 0.333 e. The number of esters is 2. The largest absolute Gasteiger partial charge is 0.463 e. The van der Waals surface area contributed by atoms with Crippen LogP contribution in [0.25, 0.3) is 0 Å². The zero-order valence-electron chi connectivity index (χ0n) is 11.4. The van der Waals surface area contributed by atoms with Gasteiger partial charge >= 0.3 is 11.9 Å². The van der Waals surface area contributed by atoms with E-state index in [4.69, 9.17) is 9.47 Å². The van der Waals surface area contributed by atoms with Gasteiger partial charge in [0.1, 0.15) is 0 Å². The Balaban J connectivity index is 2.07. The van der Waals surface area contributed by atoms with Crippen LogP contribution in [0.1, 0.15) is 34.1 Å². The quantitative estimate of drug-likeness (QED) is 0.570. The van der Waals surface area contributed by atoms with Crippen LogP contribution >= 0.6 is 0 Å². The fourth-order valence-electron chi connectivity index (χ4n) is 2.56. The molecule has 0 aromatic heterocycles. The fourth-order valence-corrected chi connectivity index (χ4v) is 2.56. The van der Waals surface area contributed by atoms with Gasteiger partial charge in [0.05, 0.1) is 18.6 Å². The highest BCUT2D eigenvalue weighted by Gasteiger charge is 2.61. The first kappa shape index (κ1) is 13.1. The number of allylic oxidation sites excluding steroid dienone is 1. The molecule has 2 fully saturated rings. The van der Waals surface area contributed by atoms with Crippen molar-refractivity contribution in [3.8, 4) is 0 Å². The second kappa shape index (κ2) is 4.41. The van der Waals surface area contributed by atoms with Gasteiger partial charge in [-0.05, 0) is 25.2 Å². The van der Waals surface area contributed by atoms with Crippen LogP contribution in [0, 0.1) is 17.3 Å². The summed E-state index contributed by atoms with van der Waals surface area (Å²) in [6.45, 7) is 8.20. The normalized spacial score (nSPS) is 31.6. The van der Waals surface area contributed by atoms with Crippen LogP contribution in [0.15, 0.2) is 11.6 Å². The van der Waals surface area contributed by atoms with Crippen LogP contribution in [0.4, 0.5) is 0 Å². The minimum absolute atomic E-state index is 0.0874. The van der Waals surface area contributed by atoms with Crippen LogP contribution in [0.5, 0.6) is 0 Å². The summed E-state index contributed by atoms with van der Waals surface area (Å²) >= 11 is 0. The van der Waals surface area contributed by atoms with Gasteiger partial charge < -0.3 is 9.47 Å². The molecule has 0 aromatic carbocycles. The molecule has 1 aliphatic carbocycles. The van der Waals surface area contributed by atoms with Crippen LogP contribution < -0.4 is 0 Å². The predicted octanol–water partition coefficient (Wildman–Crippen LogP) is 2.08. The summed E-state index contributed by atoms with van der Waals surface area (Å²) in [6.07, 6.45) is 2.46. The molecule has 4 heteroatoms. The average molecular weight is 252 g/mol. The molecule has 0 N–H and O–H groups in total. The highest BCUT2D eigenvalue weighted by molar-refractivity contribution is 5.90. The maximum absolute atomic E-state index is 11.9. The Labute approximate surface area is 107 Å². The Kier molecular flexibility index (Phi) is 3.21. The van der Waals surface area contributed by atoms with Gasteiger partial charge in [-0.25, -0.2) is 4.79 Å². The highest BCUT2D eigenvalue weighted by atomic mass is 16.5. The van der Waals surface area contributed by atoms with E-state index in [9.17, 15) is 9.59 Å². The second-order valence-electron chi connectivity index (χ2n) is 5.89. The van der Waals surface area contributed by atoms with Crippen molar-refractivity contribution in [2.24, 2.45) is 17.3 Å². The molecule has 2 rings (SSSR count). The zero-order chi connectivity index (χ0) is 13.5. The van der Waals surface area contributed by atoms with Crippen molar-refractivity contribution in [3.05, 3.63) is 11.6 Å². The Morgan fingerprint density at radius 3 is 2.67 bits per heavy atom. The number of hydrogen-bond acceptors (Lipinski definition) is 4. The third kappa shape index (κ3) is 2.28. The lowest BCUT2D eigenvalue weighted by atomic mass is 10.1. The van der Waals surface area contributed by atoms with Crippen molar-refractivity contribution in [2.75, 3.05) is 6.61 Å². The monoisotopic (exact) mass is 252 g/mol. The third-order valence-corrected chi connectivity index (χ3v) is 3.76. The van der Waals surface area contributed by atoms with E-state index in [1.54, 1.807) is 0 Å². The van der Waals surface area contributed by atoms with Gasteiger partial charge in [-0.3, -0.25) is 4.79 Å². The summed E-state index contributed by atoms with van der Waals surface area (Å²) in [6, 6.07) is 0. The number of rotatable bonds is 3. The van der Waals surface area contributed by atoms with E-state index in [-0.39, 0.29) is 35.3 Å². The number of hydrogen-bond donors (Lipinski definition) is 0. The summed E-state index contributed by atoms with van der Waals surface area (Å²) in [5, 5.41) is 0. The van der Waals surface area contributed by atoms with Crippen molar-refractivity contribution in [3.63, 3.8) is 0 Å². The third-order valence-electron chi connectivity index (χ3n) is 3.76. The molecule has 0 spiro atoms. The molecule has 0 amide bonds. The number of ether oxygens (including phenoxy) is 2. The topological polar surface area (TPSA) is 52.6 Å². The Hall–Kier alpha value is -1.32. The van der Waals surface area contributed by atoms with Crippen molar-refractivity contribution in [1.29, 1.82) is 0 Å². The molecule has 0 aromatic rings. The summed E-state index contributed by atoms with van der Waals surface area (Å²) in [5.74, 6) is -0.456. The predicted molar refractivity (Wildman–Crippen MR) is 65.6 cm³/mol. The minimum Gasteiger partial charge on any atom is -0.463 e. The summed E-state index contributed by atoms with van der Waals surface area (Å²) < 4.78 is 10.1. The Bertz CT molecular complexity index is 406. The molecular formula is C14H20O4. The molecule has 0 bridgehead atoms. The molecule has 100 valence electrons. The number of carbonyl (C=O) groups excluding carboxylic acids is 2. The van der Waals surface area contributed by atoms with E-state index in [0.29, 0.717) is 18.6 Å². The van der Waals surface area contributed by atoms with Gasteiger partial charge in [0.25, 0.3) is 0 Å². The maximum atomic E-state index is 11.9. The van der Waals surface area contributed by atoms with Gasteiger partial charge in [-0.15, -0.1) is 0 Å². The summed E-state index contributed by atoms with van der Waals surface area (Å²) in [5.41, 5.74) is 0.579. The summed E-state index contributed by atoms with van der Waals surface area (Å²) in [7, 11) is 0. The van der Waals surface area contributed by atoms with E-state index < -0.39 is 0 Å². The standard InChI is InChI=1S/C14H20O4/c1-8(2)18-13(16)11-10(14(11,3)4)7-9-5-6-17-12(9)15/h7-8,10-11H,5-6H2,1-4H3/b9-7+/t10-,11-/m0/s1. The molecule has 0 unspecified atom stereocenters. The van der Waals surface area contributed by atoms with Crippen LogP contribution in [-0.4, -0.2) is 24.6 Å². The highest BCUT2D eigenvalue weighted by Crippen LogP contribution is 2.60. The molecule has 1 saturated heterocycles. The lowest BCUT2D eigenvalue weighted by molar-refractivity contribution is -0.150. The van der Waals surface area contributed by atoms with Crippen LogP contribution in [-0.2, 0) is 19.1 Å². The van der Waals surface area contributed by atoms with E-state index in [1.807, 2.05) is 33.8 Å². The number of cyclic esters (lactones) is 1. The Morgan fingerprint density at radius 2 is 2.17 bits per heavy atom. The Morgan fingerprint density at radius 1 is 1.50 bits per heavy atom. The fraction of sp³-hybridized carbons (Fsp3) is 0.714. The molecule has 2 aliphatic rings. The molecule has 1 heterocycles. The molecular weight excluding hydrogens is 232 g/mol. The van der Waals surface area contributed by atoms with E-state index in [2.05, 4.69) is 0 Å². The molecule has 2 atom stereocenters. The molecule has 0 radical (unpaired) electrons. The van der Waals surface area contributed by atoms with Gasteiger partial charge in [0.2, 0.25) is 0 Å². The zero-order valence-corrected chi connectivity index (χ0v) is 11.4. The van der Waals surface area contributed by atoms with Gasteiger partial charge in [0.15, 0.2) is 0 Å². The first-order valence-electron chi connectivity index (χ1n) is 6.42. The smallest absolute Gasteiger partial charge is 0.333 e. The molecule has 4 nitrogen and oxygen atoms in total. The van der Waals surface area contributed by atoms with E-state index in [1.165, 1.54) is 0 Å². The van der Waals surface area contributed by atoms with E-state index in [0.717, 1.165) is 0 Å². The molecule has 1 saturated carbocycles. The van der Waals surface area contributed by atoms with Crippen molar-refractivity contribution >= 4 is 11.9 Å². The van der Waals surface area contributed by atoms with Crippen LogP contribution in [0.2, 0.25) is 0 Å². The van der Waals surface area contributed by atoms with Gasteiger partial charge in [0, 0.05) is 12.0 Å². The average Bonchev–Trinajstić information content (AvgIpc) is 2.56. The minimum atomic E-state index is -0.242. The first-order chi connectivity index (χ1) is 8.34. The first-order valence-corrected chi connectivity index (χ1v) is 6.42. The van der Waals surface area contributed by atoms with Crippen molar-refractivity contribution < 1.29 is 19.1 Å². The number of carbonyl (C=O) groups is 2. The van der Waals surface area contributed by atoms with Crippen molar-refractivity contribution in [2.45, 2.75) is 40.2 Å².